The first-order valence-corrected chi connectivity index (χ1v) is 7.12. The maximum Gasteiger partial charge on any atom is 0.101 e. The Morgan fingerprint density at radius 3 is 2.67 bits per heavy atom. The van der Waals surface area contributed by atoms with Crippen LogP contribution in [0.1, 0.15) is 21.0 Å². The summed E-state index contributed by atoms with van der Waals surface area (Å²) in [4.78, 5) is 1.30. The van der Waals surface area contributed by atoms with Gasteiger partial charge in [0, 0.05) is 10.4 Å². The van der Waals surface area contributed by atoms with Gasteiger partial charge in [0.15, 0.2) is 0 Å². The van der Waals surface area contributed by atoms with Crippen LogP contribution in [0, 0.1) is 6.92 Å². The molecule has 2 rings (SSSR count). The van der Waals surface area contributed by atoms with Gasteiger partial charge in [0.25, 0.3) is 0 Å². The molecule has 1 atom stereocenters. The summed E-state index contributed by atoms with van der Waals surface area (Å²) in [6.45, 7) is 1.93. The van der Waals surface area contributed by atoms with E-state index in [0.29, 0.717) is 0 Å². The Balaban J connectivity index is 2.31. The molecule has 0 aliphatic rings. The van der Waals surface area contributed by atoms with Gasteiger partial charge in [-0.15, -0.1) is 11.3 Å². The molecule has 1 nitrogen and oxygen atoms in total. The molecule has 0 aromatic carbocycles. The van der Waals surface area contributed by atoms with Crippen molar-refractivity contribution in [1.29, 1.82) is 0 Å². The minimum atomic E-state index is 0.142. The molecule has 0 aliphatic carbocycles. The lowest BCUT2D eigenvalue weighted by Crippen LogP contribution is -1.85. The average Bonchev–Trinajstić information content (AvgIpc) is 2.74. The predicted molar refractivity (Wildman–Crippen MR) is 71.2 cm³/mol. The number of alkyl halides is 1. The minimum absolute atomic E-state index is 0.142. The molecule has 2 aromatic rings. The van der Waals surface area contributed by atoms with E-state index >= 15 is 0 Å². The molecule has 0 saturated carbocycles. The van der Waals surface area contributed by atoms with Crippen LogP contribution in [0.4, 0.5) is 0 Å². The zero-order valence-electron chi connectivity index (χ0n) is 7.76. The first-order chi connectivity index (χ1) is 7.08. The highest BCUT2D eigenvalue weighted by Crippen LogP contribution is 2.41. The van der Waals surface area contributed by atoms with Crippen molar-refractivity contribution in [2.45, 2.75) is 11.8 Å². The lowest BCUT2D eigenvalue weighted by Gasteiger charge is -2.02. The molecule has 0 N–H and O–H groups in total. The third-order valence-electron chi connectivity index (χ3n) is 1.96. The van der Waals surface area contributed by atoms with Crippen LogP contribution in [-0.2, 0) is 0 Å². The number of hydrogen-bond acceptors (Lipinski definition) is 2. The van der Waals surface area contributed by atoms with Crippen molar-refractivity contribution >= 4 is 54.8 Å². The van der Waals surface area contributed by atoms with Gasteiger partial charge in [-0.1, -0.05) is 27.5 Å². The summed E-state index contributed by atoms with van der Waals surface area (Å²) in [6, 6.07) is 3.97. The number of hydrogen-bond donors (Lipinski definition) is 0. The molecule has 15 heavy (non-hydrogen) atoms. The SMILES string of the molecule is Cc1cc(C(Br)c2cc(Cl)c(Br)s2)co1. The number of aryl methyl sites for hydroxylation is 1. The van der Waals surface area contributed by atoms with Crippen LogP contribution in [0.3, 0.4) is 0 Å². The zero-order valence-corrected chi connectivity index (χ0v) is 12.5. The maximum absolute atomic E-state index is 5.99. The number of furan rings is 1. The second-order valence-corrected chi connectivity index (χ2v) is 6.85. The van der Waals surface area contributed by atoms with E-state index in [1.54, 1.807) is 17.6 Å². The summed E-state index contributed by atoms with van der Waals surface area (Å²) in [5.74, 6) is 0.913. The Bertz CT molecular complexity index is 458. The van der Waals surface area contributed by atoms with Gasteiger partial charge in [-0.25, -0.2) is 0 Å². The Hall–Kier alpha value is 0.230. The zero-order chi connectivity index (χ0) is 11.0. The fourth-order valence-electron chi connectivity index (χ4n) is 1.25. The van der Waals surface area contributed by atoms with Crippen molar-refractivity contribution in [3.63, 3.8) is 0 Å². The van der Waals surface area contributed by atoms with Crippen molar-refractivity contribution in [2.24, 2.45) is 0 Å². The molecule has 0 fully saturated rings. The van der Waals surface area contributed by atoms with Gasteiger partial charge in [-0.3, -0.25) is 0 Å². The third kappa shape index (κ3) is 2.49. The quantitative estimate of drug-likeness (QED) is 0.632. The lowest BCUT2D eigenvalue weighted by molar-refractivity contribution is 0.532. The Labute approximate surface area is 114 Å². The first-order valence-electron chi connectivity index (χ1n) is 4.21. The van der Waals surface area contributed by atoms with E-state index in [0.717, 1.165) is 25.0 Å². The van der Waals surface area contributed by atoms with E-state index in [1.807, 2.05) is 19.1 Å². The summed E-state index contributed by atoms with van der Waals surface area (Å²) in [5, 5.41) is 0.750. The number of thiophene rings is 1. The van der Waals surface area contributed by atoms with Crippen molar-refractivity contribution in [2.75, 3.05) is 0 Å². The normalized spacial score (nSPS) is 13.1. The number of halogens is 3. The van der Waals surface area contributed by atoms with Crippen LogP contribution in [-0.4, -0.2) is 0 Å². The average molecular weight is 370 g/mol. The Morgan fingerprint density at radius 1 is 1.47 bits per heavy atom. The monoisotopic (exact) mass is 368 g/mol. The van der Waals surface area contributed by atoms with Gasteiger partial charge in [-0.05, 0) is 35.0 Å². The van der Waals surface area contributed by atoms with Crippen molar-refractivity contribution in [3.05, 3.63) is 43.4 Å². The Morgan fingerprint density at radius 2 is 2.20 bits per heavy atom. The molecule has 2 heterocycles. The van der Waals surface area contributed by atoms with Gasteiger partial charge >= 0.3 is 0 Å². The molecule has 0 saturated heterocycles. The number of rotatable bonds is 2. The lowest BCUT2D eigenvalue weighted by atomic mass is 10.2. The van der Waals surface area contributed by atoms with Crippen molar-refractivity contribution in [3.8, 4) is 0 Å². The standard InChI is InChI=1S/C10H7Br2ClOS/c1-5-2-6(4-14-5)9(11)8-3-7(13)10(12)15-8/h2-4,9H,1H3. The van der Waals surface area contributed by atoms with E-state index < -0.39 is 0 Å². The van der Waals surface area contributed by atoms with Crippen molar-refractivity contribution < 1.29 is 4.42 Å². The molecule has 0 radical (unpaired) electrons. The van der Waals surface area contributed by atoms with Gasteiger partial charge in [-0.2, -0.15) is 0 Å². The fourth-order valence-corrected chi connectivity index (χ4v) is 3.65. The van der Waals surface area contributed by atoms with Crippen LogP contribution >= 0.6 is 54.8 Å². The minimum Gasteiger partial charge on any atom is -0.469 e. The van der Waals surface area contributed by atoms with Gasteiger partial charge in [0.1, 0.15) is 5.76 Å². The van der Waals surface area contributed by atoms with Crippen LogP contribution in [0.2, 0.25) is 5.02 Å². The largest absolute Gasteiger partial charge is 0.469 e. The topological polar surface area (TPSA) is 13.1 Å². The van der Waals surface area contributed by atoms with Crippen LogP contribution in [0.5, 0.6) is 0 Å². The predicted octanol–water partition coefficient (Wildman–Crippen LogP) is 5.55. The summed E-state index contributed by atoms with van der Waals surface area (Å²) in [6.07, 6.45) is 1.76. The molecule has 5 heteroatoms. The van der Waals surface area contributed by atoms with Crippen LogP contribution in [0.25, 0.3) is 0 Å². The van der Waals surface area contributed by atoms with E-state index in [2.05, 4.69) is 31.9 Å². The van der Waals surface area contributed by atoms with Crippen molar-refractivity contribution in [1.82, 2.24) is 0 Å². The fraction of sp³-hybridized carbons (Fsp3) is 0.200. The van der Waals surface area contributed by atoms with E-state index in [9.17, 15) is 0 Å². The molecular formula is C10H7Br2ClOS. The molecule has 1 unspecified atom stereocenters. The second kappa shape index (κ2) is 4.62. The summed E-state index contributed by atoms with van der Waals surface area (Å²) in [5.41, 5.74) is 1.11. The molecule has 0 amide bonds. The molecule has 2 aromatic heterocycles. The second-order valence-electron chi connectivity index (χ2n) is 3.12. The van der Waals surface area contributed by atoms with E-state index in [-0.39, 0.29) is 4.83 Å². The molecular weight excluding hydrogens is 363 g/mol. The molecule has 0 aliphatic heterocycles. The summed E-state index contributed by atoms with van der Waals surface area (Å²) >= 11 is 14.6. The van der Waals surface area contributed by atoms with Gasteiger partial charge in [0.05, 0.1) is 19.9 Å². The third-order valence-corrected chi connectivity index (χ3v) is 5.82. The van der Waals surface area contributed by atoms with Crippen LogP contribution < -0.4 is 0 Å². The molecule has 0 spiro atoms. The van der Waals surface area contributed by atoms with Gasteiger partial charge < -0.3 is 4.42 Å². The first kappa shape index (κ1) is 11.7. The summed E-state index contributed by atoms with van der Waals surface area (Å²) < 4.78 is 6.24. The van der Waals surface area contributed by atoms with E-state index in [4.69, 9.17) is 16.0 Å². The Kier molecular flexibility index (Phi) is 3.60. The highest BCUT2D eigenvalue weighted by molar-refractivity contribution is 9.11. The highest BCUT2D eigenvalue weighted by Gasteiger charge is 2.16. The highest BCUT2D eigenvalue weighted by atomic mass is 79.9. The van der Waals surface area contributed by atoms with Crippen LogP contribution in [0.15, 0.2) is 26.6 Å². The molecule has 0 bridgehead atoms. The van der Waals surface area contributed by atoms with Gasteiger partial charge in [0.2, 0.25) is 0 Å². The maximum atomic E-state index is 5.99. The summed E-state index contributed by atoms with van der Waals surface area (Å²) in [7, 11) is 0. The molecule has 80 valence electrons. The van der Waals surface area contributed by atoms with E-state index in [1.165, 1.54) is 0 Å². The smallest absolute Gasteiger partial charge is 0.101 e.